The molecule has 126 valence electrons. The van der Waals surface area contributed by atoms with Gasteiger partial charge in [-0.2, -0.15) is 4.98 Å². The predicted molar refractivity (Wildman–Crippen MR) is 95.8 cm³/mol. The van der Waals surface area contributed by atoms with Crippen LogP contribution in [0.25, 0.3) is 0 Å². The lowest BCUT2D eigenvalue weighted by atomic mass is 10.1. The molecule has 0 bridgehead atoms. The third-order valence-corrected chi connectivity index (χ3v) is 3.91. The molecule has 0 spiro atoms. The summed E-state index contributed by atoms with van der Waals surface area (Å²) >= 11 is 0. The number of nitrogens with two attached hydrogens (primary N) is 1. The average Bonchev–Trinajstić information content (AvgIpc) is 3.07. The smallest absolute Gasteiger partial charge is 0.221 e. The first-order chi connectivity index (χ1) is 12.2. The molecule has 0 amide bonds. The van der Waals surface area contributed by atoms with Gasteiger partial charge in [0.1, 0.15) is 17.5 Å². The zero-order valence-corrected chi connectivity index (χ0v) is 13.3. The van der Waals surface area contributed by atoms with Gasteiger partial charge in [0.15, 0.2) is 0 Å². The van der Waals surface area contributed by atoms with Crippen LogP contribution in [0.3, 0.4) is 0 Å². The molecule has 7 nitrogen and oxygen atoms in total. The molecule has 4 rings (SSSR count). The predicted octanol–water partition coefficient (Wildman–Crippen LogP) is 3.05. The highest BCUT2D eigenvalue weighted by Crippen LogP contribution is 2.31. The lowest BCUT2D eigenvalue weighted by Crippen LogP contribution is -2.01. The first kappa shape index (κ1) is 15.1. The van der Waals surface area contributed by atoms with Gasteiger partial charge in [0.25, 0.3) is 0 Å². The van der Waals surface area contributed by atoms with E-state index in [1.807, 2.05) is 6.07 Å². The van der Waals surface area contributed by atoms with Gasteiger partial charge >= 0.3 is 0 Å². The number of anilines is 6. The Hall–Kier alpha value is -3.42. The van der Waals surface area contributed by atoms with Crippen LogP contribution in [0.2, 0.25) is 0 Å². The summed E-state index contributed by atoms with van der Waals surface area (Å²) in [4.78, 5) is 12.1. The Labute approximate surface area is 143 Å². The largest absolute Gasteiger partial charge is 0.369 e. The Morgan fingerprint density at radius 2 is 1.92 bits per heavy atom. The van der Waals surface area contributed by atoms with E-state index in [0.29, 0.717) is 17.2 Å². The van der Waals surface area contributed by atoms with E-state index in [0.717, 1.165) is 30.0 Å². The lowest BCUT2D eigenvalue weighted by Gasteiger charge is -2.12. The maximum atomic E-state index is 14.5. The number of nitrogens with zero attached hydrogens (tertiary/aromatic N) is 3. The van der Waals surface area contributed by atoms with Gasteiger partial charge in [-0.25, -0.2) is 14.4 Å². The van der Waals surface area contributed by atoms with Crippen LogP contribution < -0.4 is 21.7 Å². The van der Waals surface area contributed by atoms with Crippen LogP contribution in [0.5, 0.6) is 0 Å². The standard InChI is InChI=1S/C17H16FN7/c18-12-9-10(23-15-5-8-22-17(19)25-15)1-2-14(12)24-13-4-7-21-16-11(13)3-6-20-16/h1-2,4-5,7-9H,3,6H2,(H2,20,21,24)(H3,19,22,23,25). The second-order valence-corrected chi connectivity index (χ2v) is 5.61. The highest BCUT2D eigenvalue weighted by Gasteiger charge is 2.16. The van der Waals surface area contributed by atoms with Gasteiger partial charge in [0.2, 0.25) is 5.95 Å². The van der Waals surface area contributed by atoms with Crippen molar-refractivity contribution in [2.24, 2.45) is 0 Å². The van der Waals surface area contributed by atoms with Crippen molar-refractivity contribution in [2.75, 3.05) is 28.2 Å². The summed E-state index contributed by atoms with van der Waals surface area (Å²) in [6.45, 7) is 0.842. The first-order valence-corrected chi connectivity index (χ1v) is 7.83. The fraction of sp³-hybridized carbons (Fsp3) is 0.118. The number of hydrogen-bond acceptors (Lipinski definition) is 7. The summed E-state index contributed by atoms with van der Waals surface area (Å²) in [6.07, 6.45) is 4.10. The molecule has 0 fully saturated rings. The van der Waals surface area contributed by atoms with Gasteiger partial charge in [0, 0.05) is 35.9 Å². The number of halogens is 1. The Morgan fingerprint density at radius 3 is 2.76 bits per heavy atom. The van der Waals surface area contributed by atoms with E-state index in [1.165, 1.54) is 12.3 Å². The molecule has 2 aromatic heterocycles. The summed E-state index contributed by atoms with van der Waals surface area (Å²) in [6, 6.07) is 8.36. The first-order valence-electron chi connectivity index (χ1n) is 7.83. The normalized spacial score (nSPS) is 12.4. The molecule has 3 heterocycles. The van der Waals surface area contributed by atoms with Crippen molar-refractivity contribution in [1.82, 2.24) is 15.0 Å². The molecule has 1 aromatic carbocycles. The van der Waals surface area contributed by atoms with Crippen molar-refractivity contribution in [1.29, 1.82) is 0 Å². The zero-order valence-electron chi connectivity index (χ0n) is 13.3. The molecular weight excluding hydrogens is 321 g/mol. The third-order valence-electron chi connectivity index (χ3n) is 3.91. The van der Waals surface area contributed by atoms with Gasteiger partial charge < -0.3 is 21.7 Å². The van der Waals surface area contributed by atoms with Crippen LogP contribution in [-0.4, -0.2) is 21.5 Å². The summed E-state index contributed by atoms with van der Waals surface area (Å²) in [5.74, 6) is 1.14. The molecule has 0 radical (unpaired) electrons. The Kier molecular flexibility index (Phi) is 3.77. The number of fused-ring (bicyclic) bond motifs is 1. The Balaban J connectivity index is 1.55. The zero-order chi connectivity index (χ0) is 17.2. The molecule has 0 unspecified atom stereocenters. The minimum Gasteiger partial charge on any atom is -0.369 e. The highest BCUT2D eigenvalue weighted by molar-refractivity contribution is 5.72. The van der Waals surface area contributed by atoms with Gasteiger partial charge in [-0.1, -0.05) is 0 Å². The maximum absolute atomic E-state index is 14.5. The quantitative estimate of drug-likeness (QED) is 0.580. The van der Waals surface area contributed by atoms with Crippen LogP contribution in [-0.2, 0) is 6.42 Å². The molecule has 0 saturated heterocycles. The molecule has 0 aliphatic carbocycles. The van der Waals surface area contributed by atoms with Crippen LogP contribution in [0.1, 0.15) is 5.56 Å². The summed E-state index contributed by atoms with van der Waals surface area (Å²) in [5.41, 5.74) is 8.44. The van der Waals surface area contributed by atoms with Crippen LogP contribution in [0.15, 0.2) is 42.7 Å². The maximum Gasteiger partial charge on any atom is 0.221 e. The van der Waals surface area contributed by atoms with E-state index < -0.39 is 0 Å². The Bertz CT molecular complexity index is 929. The van der Waals surface area contributed by atoms with Gasteiger partial charge in [0.05, 0.1) is 5.69 Å². The topological polar surface area (TPSA) is 101 Å². The minimum atomic E-state index is -0.372. The molecule has 25 heavy (non-hydrogen) atoms. The van der Waals surface area contributed by atoms with Crippen LogP contribution in [0.4, 0.5) is 39.0 Å². The number of pyridine rings is 1. The second kappa shape index (κ2) is 6.23. The molecule has 3 aromatic rings. The lowest BCUT2D eigenvalue weighted by molar-refractivity contribution is 0.632. The number of nitrogens with one attached hydrogen (secondary N) is 3. The SMILES string of the molecule is Nc1nccc(Nc2ccc(Nc3ccnc4c3CCN4)c(F)c2)n1. The van der Waals surface area contributed by atoms with Gasteiger partial charge in [-0.3, -0.25) is 0 Å². The van der Waals surface area contributed by atoms with Crippen molar-refractivity contribution in [2.45, 2.75) is 6.42 Å². The van der Waals surface area contributed by atoms with Crippen molar-refractivity contribution < 1.29 is 4.39 Å². The monoisotopic (exact) mass is 337 g/mol. The van der Waals surface area contributed by atoms with Gasteiger partial charge in [-0.15, -0.1) is 0 Å². The molecule has 0 atom stereocenters. The molecule has 5 N–H and O–H groups in total. The number of rotatable bonds is 4. The molecule has 8 heteroatoms. The van der Waals surface area contributed by atoms with Crippen molar-refractivity contribution in [3.8, 4) is 0 Å². The van der Waals surface area contributed by atoms with E-state index in [2.05, 4.69) is 30.9 Å². The molecule has 1 aliphatic rings. The van der Waals surface area contributed by atoms with Crippen LogP contribution >= 0.6 is 0 Å². The number of nitrogen functional groups attached to an aromatic ring is 1. The van der Waals surface area contributed by atoms with E-state index in [1.54, 1.807) is 24.4 Å². The fourth-order valence-electron chi connectivity index (χ4n) is 2.75. The minimum absolute atomic E-state index is 0.156. The number of aromatic nitrogens is 3. The van der Waals surface area contributed by atoms with Crippen molar-refractivity contribution >= 4 is 34.6 Å². The van der Waals surface area contributed by atoms with Crippen LogP contribution in [0, 0.1) is 5.82 Å². The Morgan fingerprint density at radius 1 is 1.04 bits per heavy atom. The number of hydrogen-bond donors (Lipinski definition) is 4. The van der Waals surface area contributed by atoms with E-state index in [-0.39, 0.29) is 11.8 Å². The average molecular weight is 337 g/mol. The third kappa shape index (κ3) is 3.14. The molecular formula is C17H16FN7. The fourth-order valence-corrected chi connectivity index (χ4v) is 2.75. The van der Waals surface area contributed by atoms with E-state index in [4.69, 9.17) is 5.73 Å². The van der Waals surface area contributed by atoms with E-state index in [9.17, 15) is 4.39 Å². The summed E-state index contributed by atoms with van der Waals surface area (Å²) < 4.78 is 14.5. The molecule has 0 saturated carbocycles. The van der Waals surface area contributed by atoms with Crippen molar-refractivity contribution in [3.63, 3.8) is 0 Å². The van der Waals surface area contributed by atoms with E-state index >= 15 is 0 Å². The molecule has 1 aliphatic heterocycles. The summed E-state index contributed by atoms with van der Waals surface area (Å²) in [5, 5.41) is 9.35. The van der Waals surface area contributed by atoms with Gasteiger partial charge in [-0.05, 0) is 36.8 Å². The highest BCUT2D eigenvalue weighted by atomic mass is 19.1. The second-order valence-electron chi connectivity index (χ2n) is 5.61. The number of benzene rings is 1. The van der Waals surface area contributed by atoms with Crippen molar-refractivity contribution in [3.05, 3.63) is 54.1 Å². The summed E-state index contributed by atoms with van der Waals surface area (Å²) in [7, 11) is 0.